The molecular weight excluding hydrogens is 248 g/mol. The van der Waals surface area contributed by atoms with Crippen molar-refractivity contribution in [2.24, 2.45) is 0 Å². The number of nitrogens with one attached hydrogen (secondary N) is 2. The average Bonchev–Trinajstić information content (AvgIpc) is 2.46. The Labute approximate surface area is 111 Å². The summed E-state index contributed by atoms with van der Waals surface area (Å²) in [5, 5.41) is 15.5. The van der Waals surface area contributed by atoms with E-state index < -0.39 is 12.0 Å². The number of carboxylic acids is 1. The maximum absolute atomic E-state index is 11.3. The average molecular weight is 266 g/mol. The Morgan fingerprint density at radius 1 is 1.21 bits per heavy atom. The number of aliphatic carboxylic acids is 1. The summed E-state index contributed by atoms with van der Waals surface area (Å²) < 4.78 is 10.4. The van der Waals surface area contributed by atoms with Gasteiger partial charge in [-0.1, -0.05) is 6.07 Å². The summed E-state index contributed by atoms with van der Waals surface area (Å²) in [5.74, 6) is 0.352. The number of hydrogen-bond acceptors (Lipinski definition) is 5. The standard InChI is InChI=1S/C13H18N2O4/c1-18-9-4-3-8(7-10(9)19-2)11-12(13(16)17)15-6-5-14-11/h3-4,7,11-12,14-15H,5-6H2,1-2H3,(H,16,17). The molecule has 2 atom stereocenters. The number of rotatable bonds is 4. The lowest BCUT2D eigenvalue weighted by Crippen LogP contribution is -2.54. The minimum atomic E-state index is -0.869. The summed E-state index contributed by atoms with van der Waals surface area (Å²) in [6, 6.07) is 4.50. The fraction of sp³-hybridized carbons (Fsp3) is 0.462. The van der Waals surface area contributed by atoms with E-state index in [1.54, 1.807) is 26.4 Å². The van der Waals surface area contributed by atoms with E-state index in [9.17, 15) is 9.90 Å². The minimum Gasteiger partial charge on any atom is -0.493 e. The second-order valence-electron chi connectivity index (χ2n) is 4.32. The normalized spacial score (nSPS) is 22.8. The Kier molecular flexibility index (Phi) is 4.24. The first kappa shape index (κ1) is 13.6. The third kappa shape index (κ3) is 2.80. The molecule has 0 bridgehead atoms. The molecule has 3 N–H and O–H groups in total. The number of benzene rings is 1. The van der Waals surface area contributed by atoms with Crippen molar-refractivity contribution < 1.29 is 19.4 Å². The number of methoxy groups -OCH3 is 2. The van der Waals surface area contributed by atoms with E-state index in [0.29, 0.717) is 18.0 Å². The highest BCUT2D eigenvalue weighted by Gasteiger charge is 2.31. The van der Waals surface area contributed by atoms with Gasteiger partial charge in [0.05, 0.1) is 20.3 Å². The van der Waals surface area contributed by atoms with Gasteiger partial charge in [0, 0.05) is 13.1 Å². The van der Waals surface area contributed by atoms with Gasteiger partial charge in [0.1, 0.15) is 6.04 Å². The highest BCUT2D eigenvalue weighted by Crippen LogP contribution is 2.31. The largest absolute Gasteiger partial charge is 0.493 e. The van der Waals surface area contributed by atoms with Gasteiger partial charge >= 0.3 is 5.97 Å². The Hall–Kier alpha value is -1.79. The molecule has 6 nitrogen and oxygen atoms in total. The van der Waals surface area contributed by atoms with Crippen LogP contribution in [0.4, 0.5) is 0 Å². The molecular formula is C13H18N2O4. The molecule has 1 heterocycles. The van der Waals surface area contributed by atoms with Crippen LogP contribution in [0.3, 0.4) is 0 Å². The number of carbonyl (C=O) groups is 1. The van der Waals surface area contributed by atoms with Crippen molar-refractivity contribution in [3.63, 3.8) is 0 Å². The highest BCUT2D eigenvalue weighted by molar-refractivity contribution is 5.75. The van der Waals surface area contributed by atoms with E-state index in [2.05, 4.69) is 10.6 Å². The lowest BCUT2D eigenvalue weighted by atomic mass is 9.97. The Morgan fingerprint density at radius 3 is 2.53 bits per heavy atom. The number of carboxylic acid groups (broad SMARTS) is 1. The van der Waals surface area contributed by atoms with E-state index in [1.807, 2.05) is 6.07 Å². The van der Waals surface area contributed by atoms with Crippen LogP contribution in [-0.4, -0.2) is 44.4 Å². The van der Waals surface area contributed by atoms with Crippen LogP contribution in [0.1, 0.15) is 11.6 Å². The van der Waals surface area contributed by atoms with Crippen molar-refractivity contribution in [1.29, 1.82) is 0 Å². The van der Waals surface area contributed by atoms with Gasteiger partial charge < -0.3 is 25.2 Å². The Morgan fingerprint density at radius 2 is 1.89 bits per heavy atom. The van der Waals surface area contributed by atoms with E-state index >= 15 is 0 Å². The van der Waals surface area contributed by atoms with E-state index in [-0.39, 0.29) is 6.04 Å². The maximum Gasteiger partial charge on any atom is 0.322 e. The van der Waals surface area contributed by atoms with Crippen LogP contribution in [-0.2, 0) is 4.79 Å². The fourth-order valence-corrected chi connectivity index (χ4v) is 2.28. The first-order valence-electron chi connectivity index (χ1n) is 6.09. The molecule has 0 aromatic heterocycles. The van der Waals surface area contributed by atoms with Crippen molar-refractivity contribution in [3.05, 3.63) is 23.8 Å². The minimum absolute atomic E-state index is 0.286. The van der Waals surface area contributed by atoms with Crippen LogP contribution in [0.5, 0.6) is 11.5 Å². The highest BCUT2D eigenvalue weighted by atomic mass is 16.5. The van der Waals surface area contributed by atoms with Crippen LogP contribution >= 0.6 is 0 Å². The van der Waals surface area contributed by atoms with E-state index in [1.165, 1.54) is 0 Å². The van der Waals surface area contributed by atoms with E-state index in [0.717, 1.165) is 12.1 Å². The molecule has 2 unspecified atom stereocenters. The van der Waals surface area contributed by atoms with Gasteiger partial charge in [0.2, 0.25) is 0 Å². The topological polar surface area (TPSA) is 79.8 Å². The van der Waals surface area contributed by atoms with Crippen LogP contribution in [0.2, 0.25) is 0 Å². The second kappa shape index (κ2) is 5.90. The quantitative estimate of drug-likeness (QED) is 0.731. The van der Waals surface area contributed by atoms with E-state index in [4.69, 9.17) is 9.47 Å². The first-order chi connectivity index (χ1) is 9.17. The van der Waals surface area contributed by atoms with Crippen LogP contribution in [0.25, 0.3) is 0 Å². The van der Waals surface area contributed by atoms with Crippen molar-refractivity contribution in [2.45, 2.75) is 12.1 Å². The molecule has 1 aliphatic heterocycles. The van der Waals surface area contributed by atoms with Crippen LogP contribution < -0.4 is 20.1 Å². The summed E-state index contributed by atoms with van der Waals surface area (Å²) in [4.78, 5) is 11.3. The molecule has 0 saturated carbocycles. The van der Waals surface area contributed by atoms with Gasteiger partial charge in [-0.2, -0.15) is 0 Å². The van der Waals surface area contributed by atoms with Crippen LogP contribution in [0, 0.1) is 0 Å². The zero-order valence-corrected chi connectivity index (χ0v) is 11.0. The number of piperazine rings is 1. The van der Waals surface area contributed by atoms with Gasteiger partial charge in [-0.15, -0.1) is 0 Å². The first-order valence-corrected chi connectivity index (χ1v) is 6.09. The maximum atomic E-state index is 11.3. The van der Waals surface area contributed by atoms with Crippen molar-refractivity contribution in [3.8, 4) is 11.5 Å². The fourth-order valence-electron chi connectivity index (χ4n) is 2.28. The summed E-state index contributed by atoms with van der Waals surface area (Å²) in [6.45, 7) is 1.36. The molecule has 0 aliphatic carbocycles. The molecule has 19 heavy (non-hydrogen) atoms. The van der Waals surface area contributed by atoms with Crippen molar-refractivity contribution in [1.82, 2.24) is 10.6 Å². The van der Waals surface area contributed by atoms with Crippen molar-refractivity contribution >= 4 is 5.97 Å². The van der Waals surface area contributed by atoms with Crippen LogP contribution in [0.15, 0.2) is 18.2 Å². The second-order valence-corrected chi connectivity index (χ2v) is 4.32. The zero-order valence-electron chi connectivity index (χ0n) is 11.0. The van der Waals surface area contributed by atoms with Gasteiger partial charge in [-0.25, -0.2) is 0 Å². The van der Waals surface area contributed by atoms with Gasteiger partial charge in [-0.05, 0) is 17.7 Å². The smallest absolute Gasteiger partial charge is 0.322 e. The predicted molar refractivity (Wildman–Crippen MR) is 69.7 cm³/mol. The molecule has 1 aromatic rings. The summed E-state index contributed by atoms with van der Waals surface area (Å²) in [6.07, 6.45) is 0. The third-order valence-corrected chi connectivity index (χ3v) is 3.22. The molecule has 0 spiro atoms. The summed E-state index contributed by atoms with van der Waals surface area (Å²) >= 11 is 0. The zero-order chi connectivity index (χ0) is 13.8. The van der Waals surface area contributed by atoms with Gasteiger partial charge in [-0.3, -0.25) is 4.79 Å². The molecule has 1 aromatic carbocycles. The Balaban J connectivity index is 2.31. The lowest BCUT2D eigenvalue weighted by Gasteiger charge is -2.31. The molecule has 2 rings (SSSR count). The van der Waals surface area contributed by atoms with Crippen molar-refractivity contribution in [2.75, 3.05) is 27.3 Å². The van der Waals surface area contributed by atoms with Gasteiger partial charge in [0.15, 0.2) is 11.5 Å². The number of ether oxygens (including phenoxy) is 2. The molecule has 1 saturated heterocycles. The monoisotopic (exact) mass is 266 g/mol. The molecule has 104 valence electrons. The molecule has 6 heteroatoms. The Bertz CT molecular complexity index is 464. The van der Waals surface area contributed by atoms with Gasteiger partial charge in [0.25, 0.3) is 0 Å². The molecule has 0 amide bonds. The molecule has 1 aliphatic rings. The summed E-state index contributed by atoms with van der Waals surface area (Å²) in [7, 11) is 3.13. The predicted octanol–water partition coefficient (Wildman–Crippen LogP) is 0.391. The summed E-state index contributed by atoms with van der Waals surface area (Å²) in [5.41, 5.74) is 0.859. The molecule has 1 fully saturated rings. The number of hydrogen-bond donors (Lipinski definition) is 3. The SMILES string of the molecule is COc1ccc(C2NCCNC2C(=O)O)cc1OC. The third-order valence-electron chi connectivity index (χ3n) is 3.22. The molecule has 0 radical (unpaired) electrons. The lowest BCUT2D eigenvalue weighted by molar-refractivity contribution is -0.140.